The van der Waals surface area contributed by atoms with Crippen molar-refractivity contribution in [2.75, 3.05) is 6.54 Å². The largest absolute Gasteiger partial charge is 0.295 e. The molecule has 0 aliphatic carbocycles. The lowest BCUT2D eigenvalue weighted by atomic mass is 10.1. The van der Waals surface area contributed by atoms with E-state index in [4.69, 9.17) is 0 Å². The molecule has 0 N–H and O–H groups in total. The fourth-order valence-corrected chi connectivity index (χ4v) is 3.58. The Hall–Kier alpha value is -1.86. The van der Waals surface area contributed by atoms with E-state index in [0.717, 1.165) is 13.1 Å². The minimum Gasteiger partial charge on any atom is -0.295 e. The number of hydrogen-bond acceptors (Lipinski definition) is 1. The third-order valence-electron chi connectivity index (χ3n) is 5.23. The van der Waals surface area contributed by atoms with Gasteiger partial charge in [-0.3, -0.25) is 4.90 Å². The van der Waals surface area contributed by atoms with Crippen molar-refractivity contribution in [2.24, 2.45) is 0 Å². The lowest BCUT2D eigenvalue weighted by molar-refractivity contribution is 0.250. The molecular formula is C27H39N. The Morgan fingerprint density at radius 1 is 0.607 bits per heavy atom. The molecule has 0 amide bonds. The maximum atomic E-state index is 2.60. The van der Waals surface area contributed by atoms with E-state index in [0.29, 0.717) is 0 Å². The zero-order valence-electron chi connectivity index (χ0n) is 17.9. The third-order valence-corrected chi connectivity index (χ3v) is 5.23. The Morgan fingerprint density at radius 2 is 1.11 bits per heavy atom. The zero-order chi connectivity index (χ0) is 19.7. The van der Waals surface area contributed by atoms with Gasteiger partial charge in [-0.2, -0.15) is 0 Å². The molecule has 152 valence electrons. The fourth-order valence-electron chi connectivity index (χ4n) is 3.58. The van der Waals surface area contributed by atoms with Gasteiger partial charge >= 0.3 is 0 Å². The van der Waals surface area contributed by atoms with Gasteiger partial charge in [-0.15, -0.1) is 0 Å². The Labute approximate surface area is 173 Å². The molecule has 2 aromatic carbocycles. The quantitative estimate of drug-likeness (QED) is 0.226. The van der Waals surface area contributed by atoms with Crippen LogP contribution in [-0.4, -0.2) is 11.4 Å². The van der Waals surface area contributed by atoms with Gasteiger partial charge in [0, 0.05) is 13.1 Å². The van der Waals surface area contributed by atoms with Crippen LogP contribution in [0.4, 0.5) is 0 Å². The molecule has 0 unspecified atom stereocenters. The minimum atomic E-state index is 1.04. The van der Waals surface area contributed by atoms with Crippen LogP contribution in [0.3, 0.4) is 0 Å². The first kappa shape index (κ1) is 22.4. The van der Waals surface area contributed by atoms with Crippen LogP contribution in [0, 0.1) is 0 Å². The van der Waals surface area contributed by atoms with Crippen LogP contribution in [0.15, 0.2) is 72.8 Å². The maximum absolute atomic E-state index is 2.60. The van der Waals surface area contributed by atoms with Crippen molar-refractivity contribution >= 4 is 0 Å². The molecule has 2 aromatic rings. The van der Waals surface area contributed by atoms with Crippen molar-refractivity contribution in [1.29, 1.82) is 0 Å². The minimum absolute atomic E-state index is 1.04. The van der Waals surface area contributed by atoms with Gasteiger partial charge in [0.15, 0.2) is 0 Å². The highest BCUT2D eigenvalue weighted by molar-refractivity contribution is 5.17. The molecule has 1 heteroatoms. The molecular weight excluding hydrogens is 338 g/mol. The molecule has 28 heavy (non-hydrogen) atoms. The molecule has 0 fully saturated rings. The Balaban J connectivity index is 1.65. The molecule has 0 saturated heterocycles. The molecule has 0 spiro atoms. The first-order chi connectivity index (χ1) is 13.9. The van der Waals surface area contributed by atoms with Gasteiger partial charge in [0.1, 0.15) is 0 Å². The summed E-state index contributed by atoms with van der Waals surface area (Å²) in [6.45, 7) is 5.52. The number of allylic oxidation sites excluding steroid dienone is 2. The average Bonchev–Trinajstić information content (AvgIpc) is 2.73. The van der Waals surface area contributed by atoms with Crippen molar-refractivity contribution in [2.45, 2.75) is 77.8 Å². The molecule has 2 rings (SSSR count). The number of hydrogen-bond donors (Lipinski definition) is 0. The number of unbranched alkanes of at least 4 members (excludes halogenated alkanes) is 7. The lowest BCUT2D eigenvalue weighted by Crippen LogP contribution is -2.24. The predicted molar refractivity (Wildman–Crippen MR) is 123 cm³/mol. The number of benzene rings is 2. The van der Waals surface area contributed by atoms with Crippen LogP contribution in [0.2, 0.25) is 0 Å². The van der Waals surface area contributed by atoms with E-state index in [-0.39, 0.29) is 0 Å². The molecule has 0 aliphatic heterocycles. The predicted octanol–water partition coefficient (Wildman–Crippen LogP) is 7.78. The number of nitrogens with zero attached hydrogens (tertiary/aromatic N) is 1. The summed E-state index contributed by atoms with van der Waals surface area (Å²) in [5.41, 5.74) is 2.82. The van der Waals surface area contributed by atoms with Crippen LogP contribution in [0.1, 0.15) is 75.8 Å². The van der Waals surface area contributed by atoms with Crippen molar-refractivity contribution in [1.82, 2.24) is 4.90 Å². The van der Waals surface area contributed by atoms with Gasteiger partial charge in [-0.25, -0.2) is 0 Å². The summed E-state index contributed by atoms with van der Waals surface area (Å²) >= 11 is 0. The van der Waals surface area contributed by atoms with Gasteiger partial charge in [0.05, 0.1) is 0 Å². The van der Waals surface area contributed by atoms with Crippen molar-refractivity contribution in [3.05, 3.63) is 83.9 Å². The monoisotopic (exact) mass is 377 g/mol. The summed E-state index contributed by atoms with van der Waals surface area (Å²) in [4.78, 5) is 2.60. The van der Waals surface area contributed by atoms with Crippen molar-refractivity contribution in [3.63, 3.8) is 0 Å². The first-order valence-electron chi connectivity index (χ1n) is 11.3. The second kappa shape index (κ2) is 15.1. The zero-order valence-corrected chi connectivity index (χ0v) is 17.9. The van der Waals surface area contributed by atoms with E-state index in [1.165, 1.54) is 75.5 Å². The Bertz CT molecular complexity index is 576. The van der Waals surface area contributed by atoms with E-state index in [1.54, 1.807) is 0 Å². The normalized spacial score (nSPS) is 11.5. The summed E-state index contributed by atoms with van der Waals surface area (Å²) in [7, 11) is 0. The highest BCUT2D eigenvalue weighted by atomic mass is 15.1. The molecule has 0 atom stereocenters. The second-order valence-electron chi connectivity index (χ2n) is 7.85. The molecule has 0 bridgehead atoms. The molecule has 0 aliphatic rings. The van der Waals surface area contributed by atoms with Crippen molar-refractivity contribution in [3.8, 4) is 0 Å². The Kier molecular flexibility index (Phi) is 12.1. The Morgan fingerprint density at radius 3 is 1.68 bits per heavy atom. The summed E-state index contributed by atoms with van der Waals surface area (Å²) in [5, 5.41) is 0. The maximum Gasteiger partial charge on any atom is 0.0237 e. The fraction of sp³-hybridized carbons (Fsp3) is 0.481. The SMILES string of the molecule is CCCC/C=C/CCCCCCCN(Cc1ccccc1)Cc1ccccc1. The molecule has 0 radical (unpaired) electrons. The third kappa shape index (κ3) is 10.5. The van der Waals surface area contributed by atoms with E-state index >= 15 is 0 Å². The average molecular weight is 378 g/mol. The summed E-state index contributed by atoms with van der Waals surface area (Å²) < 4.78 is 0. The summed E-state index contributed by atoms with van der Waals surface area (Å²) in [5.74, 6) is 0. The topological polar surface area (TPSA) is 3.24 Å². The van der Waals surface area contributed by atoms with Gasteiger partial charge in [-0.05, 0) is 43.4 Å². The number of rotatable bonds is 15. The van der Waals surface area contributed by atoms with Crippen LogP contribution in [0.5, 0.6) is 0 Å². The lowest BCUT2D eigenvalue weighted by Gasteiger charge is -2.22. The molecule has 0 aromatic heterocycles. The standard InChI is InChI=1S/C27H39N/c1-2-3-4-5-6-7-8-9-10-11-18-23-28(24-26-19-14-12-15-20-26)25-27-21-16-13-17-22-27/h5-6,12-17,19-22H,2-4,7-11,18,23-25H2,1H3/b6-5+. The van der Waals surface area contributed by atoms with Crippen LogP contribution in [0.25, 0.3) is 0 Å². The smallest absolute Gasteiger partial charge is 0.0237 e. The van der Waals surface area contributed by atoms with Gasteiger partial charge in [-0.1, -0.05) is 112 Å². The summed E-state index contributed by atoms with van der Waals surface area (Å²) in [6.07, 6.45) is 16.6. The molecule has 1 nitrogen and oxygen atoms in total. The van der Waals surface area contributed by atoms with Crippen LogP contribution < -0.4 is 0 Å². The van der Waals surface area contributed by atoms with Gasteiger partial charge < -0.3 is 0 Å². The van der Waals surface area contributed by atoms with Gasteiger partial charge in [0.2, 0.25) is 0 Å². The van der Waals surface area contributed by atoms with Crippen LogP contribution in [-0.2, 0) is 13.1 Å². The van der Waals surface area contributed by atoms with E-state index in [9.17, 15) is 0 Å². The highest BCUT2D eigenvalue weighted by Gasteiger charge is 2.07. The van der Waals surface area contributed by atoms with Crippen LogP contribution >= 0.6 is 0 Å². The van der Waals surface area contributed by atoms with Gasteiger partial charge in [0.25, 0.3) is 0 Å². The van der Waals surface area contributed by atoms with E-state index < -0.39 is 0 Å². The van der Waals surface area contributed by atoms with E-state index in [1.807, 2.05) is 0 Å². The summed E-state index contributed by atoms with van der Waals surface area (Å²) in [6, 6.07) is 21.8. The highest BCUT2D eigenvalue weighted by Crippen LogP contribution is 2.13. The second-order valence-corrected chi connectivity index (χ2v) is 7.85. The van der Waals surface area contributed by atoms with Crippen molar-refractivity contribution < 1.29 is 0 Å². The first-order valence-corrected chi connectivity index (χ1v) is 11.3. The van der Waals surface area contributed by atoms with E-state index in [2.05, 4.69) is 84.6 Å². The molecule has 0 saturated carbocycles. The molecule has 0 heterocycles.